The number of nitrogens with one attached hydrogen (secondary N) is 1. The van der Waals surface area contributed by atoms with Crippen LogP contribution in [0.1, 0.15) is 61.4 Å². The van der Waals surface area contributed by atoms with Crippen LogP contribution in [-0.2, 0) is 12.0 Å². The molecule has 1 aromatic carbocycles. The van der Waals surface area contributed by atoms with Gasteiger partial charge in [0.05, 0.1) is 24.2 Å². The van der Waals surface area contributed by atoms with Gasteiger partial charge in [-0.3, -0.25) is 0 Å². The Morgan fingerprint density at radius 2 is 1.86 bits per heavy atom. The summed E-state index contributed by atoms with van der Waals surface area (Å²) in [5.41, 5.74) is 6.32. The van der Waals surface area contributed by atoms with Crippen LogP contribution in [0.25, 0.3) is 5.69 Å². The normalized spacial score (nSPS) is 19.2. The van der Waals surface area contributed by atoms with E-state index in [9.17, 15) is 0 Å². The quantitative estimate of drug-likeness (QED) is 0.579. The van der Waals surface area contributed by atoms with Gasteiger partial charge in [0.1, 0.15) is 5.76 Å². The van der Waals surface area contributed by atoms with Crippen molar-refractivity contribution in [2.75, 3.05) is 0 Å². The highest BCUT2D eigenvalue weighted by atomic mass is 16.3. The van der Waals surface area contributed by atoms with E-state index in [-0.39, 0.29) is 5.41 Å². The zero-order valence-corrected chi connectivity index (χ0v) is 18.1. The summed E-state index contributed by atoms with van der Waals surface area (Å²) >= 11 is 0. The van der Waals surface area contributed by atoms with Crippen molar-refractivity contribution in [1.82, 2.24) is 15.1 Å². The fourth-order valence-electron chi connectivity index (χ4n) is 4.25. The van der Waals surface area contributed by atoms with E-state index in [1.54, 1.807) is 6.26 Å². The monoisotopic (exact) mass is 389 g/mol. The lowest BCUT2D eigenvalue weighted by molar-refractivity contribution is 0.461. The van der Waals surface area contributed by atoms with E-state index in [0.29, 0.717) is 12.0 Å². The first-order valence-corrected chi connectivity index (χ1v) is 10.4. The van der Waals surface area contributed by atoms with Crippen LogP contribution in [0.3, 0.4) is 0 Å². The van der Waals surface area contributed by atoms with E-state index in [1.165, 1.54) is 16.8 Å². The van der Waals surface area contributed by atoms with Crippen LogP contribution in [0.15, 0.2) is 59.2 Å². The Bertz CT molecular complexity index is 988. The first kappa shape index (κ1) is 19.7. The number of rotatable bonds is 5. The zero-order chi connectivity index (χ0) is 20.6. The lowest BCUT2D eigenvalue weighted by Gasteiger charge is -2.19. The minimum Gasteiger partial charge on any atom is -0.468 e. The van der Waals surface area contributed by atoms with Gasteiger partial charge in [-0.05, 0) is 55.5 Å². The van der Waals surface area contributed by atoms with Gasteiger partial charge < -0.3 is 9.73 Å². The largest absolute Gasteiger partial charge is 0.468 e. The highest BCUT2D eigenvalue weighted by Crippen LogP contribution is 2.34. The molecule has 3 aromatic rings. The molecule has 0 aliphatic heterocycles. The van der Waals surface area contributed by atoms with Gasteiger partial charge in [0.2, 0.25) is 0 Å². The molecule has 1 aliphatic rings. The predicted octanol–water partition coefficient (Wildman–Crippen LogP) is 5.58. The van der Waals surface area contributed by atoms with Crippen LogP contribution in [-0.4, -0.2) is 15.8 Å². The molecule has 0 saturated heterocycles. The number of aromatic nitrogens is 2. The fraction of sp³-hybridized carbons (Fsp3) is 0.400. The Balaban J connectivity index is 1.50. The first-order chi connectivity index (χ1) is 13.8. The lowest BCUT2D eigenvalue weighted by atomic mass is 9.87. The van der Waals surface area contributed by atoms with Crippen molar-refractivity contribution in [3.05, 3.63) is 83.1 Å². The predicted molar refractivity (Wildman–Crippen MR) is 118 cm³/mol. The van der Waals surface area contributed by atoms with Crippen LogP contribution < -0.4 is 5.32 Å². The summed E-state index contributed by atoms with van der Waals surface area (Å²) in [7, 11) is 0. The Hall–Kier alpha value is -2.59. The molecular weight excluding hydrogens is 358 g/mol. The summed E-state index contributed by atoms with van der Waals surface area (Å²) in [5, 5.41) is 8.45. The molecule has 1 N–H and O–H groups in total. The third-order valence-electron chi connectivity index (χ3n) is 5.90. The van der Waals surface area contributed by atoms with Gasteiger partial charge in [-0.2, -0.15) is 5.10 Å². The SMILES string of the molecule is Cc1nn(-c2ccc(C(C)(C)C)cc2)c(C)c1[C@H]1C=C[C@@H](NCc2ccco2)C1. The average Bonchev–Trinajstić information content (AvgIpc) is 3.40. The summed E-state index contributed by atoms with van der Waals surface area (Å²) in [6, 6.07) is 13.1. The highest BCUT2D eigenvalue weighted by Gasteiger charge is 2.26. The smallest absolute Gasteiger partial charge is 0.117 e. The Morgan fingerprint density at radius 1 is 1.10 bits per heavy atom. The zero-order valence-electron chi connectivity index (χ0n) is 18.1. The van der Waals surface area contributed by atoms with Crippen LogP contribution in [0.5, 0.6) is 0 Å². The minimum atomic E-state index is 0.158. The third-order valence-corrected chi connectivity index (χ3v) is 5.90. The van der Waals surface area contributed by atoms with E-state index in [0.717, 1.165) is 30.1 Å². The first-order valence-electron chi connectivity index (χ1n) is 10.4. The third kappa shape index (κ3) is 4.08. The van der Waals surface area contributed by atoms with E-state index in [1.807, 2.05) is 12.1 Å². The summed E-state index contributed by atoms with van der Waals surface area (Å²) in [6.45, 7) is 11.8. The second kappa shape index (κ2) is 7.68. The molecule has 152 valence electrons. The molecule has 2 atom stereocenters. The van der Waals surface area contributed by atoms with Gasteiger partial charge in [0.15, 0.2) is 0 Å². The van der Waals surface area contributed by atoms with Gasteiger partial charge in [-0.1, -0.05) is 45.1 Å². The molecule has 4 rings (SSSR count). The second-order valence-electron chi connectivity index (χ2n) is 9.09. The lowest BCUT2D eigenvalue weighted by Crippen LogP contribution is -2.25. The maximum Gasteiger partial charge on any atom is 0.117 e. The molecule has 0 spiro atoms. The Kier molecular flexibility index (Phi) is 5.22. The standard InChI is InChI=1S/C25H31N3O/c1-17-24(19-8-11-21(15-19)26-16-23-7-6-14-29-23)18(2)28(27-17)22-12-9-20(10-13-22)25(3,4)5/h6-14,19,21,26H,15-16H2,1-5H3/t19-,21+/m0/s1. The molecule has 0 amide bonds. The van der Waals surface area contributed by atoms with E-state index in [2.05, 4.69) is 81.0 Å². The van der Waals surface area contributed by atoms with Crippen LogP contribution in [0, 0.1) is 13.8 Å². The molecule has 0 radical (unpaired) electrons. The minimum absolute atomic E-state index is 0.158. The number of furan rings is 1. The molecule has 0 fully saturated rings. The molecule has 2 aromatic heterocycles. The number of benzene rings is 1. The van der Waals surface area contributed by atoms with Crippen molar-refractivity contribution in [1.29, 1.82) is 0 Å². The van der Waals surface area contributed by atoms with Crippen LogP contribution in [0.4, 0.5) is 0 Å². The Morgan fingerprint density at radius 3 is 2.52 bits per heavy atom. The number of hydrogen-bond acceptors (Lipinski definition) is 3. The maximum atomic E-state index is 5.42. The number of hydrogen-bond donors (Lipinski definition) is 1. The van der Waals surface area contributed by atoms with E-state index < -0.39 is 0 Å². The summed E-state index contributed by atoms with van der Waals surface area (Å²) in [6.07, 6.45) is 7.38. The summed E-state index contributed by atoms with van der Waals surface area (Å²) in [4.78, 5) is 0. The van der Waals surface area contributed by atoms with Crippen molar-refractivity contribution < 1.29 is 4.42 Å². The van der Waals surface area contributed by atoms with Crippen LogP contribution in [0.2, 0.25) is 0 Å². The molecule has 2 heterocycles. The number of nitrogens with zero attached hydrogens (tertiary/aromatic N) is 2. The van der Waals surface area contributed by atoms with Crippen LogP contribution >= 0.6 is 0 Å². The van der Waals surface area contributed by atoms with Crippen molar-refractivity contribution in [2.24, 2.45) is 0 Å². The summed E-state index contributed by atoms with van der Waals surface area (Å²) < 4.78 is 7.52. The Labute approximate surface area is 173 Å². The van der Waals surface area contributed by atoms with Gasteiger partial charge >= 0.3 is 0 Å². The second-order valence-corrected chi connectivity index (χ2v) is 9.09. The van der Waals surface area contributed by atoms with Crippen molar-refractivity contribution >= 4 is 0 Å². The fourth-order valence-corrected chi connectivity index (χ4v) is 4.25. The molecule has 0 unspecified atom stereocenters. The van der Waals surface area contributed by atoms with E-state index >= 15 is 0 Å². The number of allylic oxidation sites excluding steroid dienone is 1. The van der Waals surface area contributed by atoms with Gasteiger partial charge in [-0.15, -0.1) is 0 Å². The van der Waals surface area contributed by atoms with Gasteiger partial charge in [0.25, 0.3) is 0 Å². The van der Waals surface area contributed by atoms with Crippen molar-refractivity contribution in [3.8, 4) is 5.69 Å². The maximum absolute atomic E-state index is 5.42. The molecular formula is C25H31N3O. The van der Waals surface area contributed by atoms with E-state index in [4.69, 9.17) is 9.52 Å². The molecule has 4 nitrogen and oxygen atoms in total. The summed E-state index contributed by atoms with van der Waals surface area (Å²) in [5.74, 6) is 1.37. The molecule has 4 heteroatoms. The highest BCUT2D eigenvalue weighted by molar-refractivity contribution is 5.43. The van der Waals surface area contributed by atoms with Crippen molar-refractivity contribution in [2.45, 2.75) is 65.0 Å². The average molecular weight is 390 g/mol. The molecule has 0 saturated carbocycles. The van der Waals surface area contributed by atoms with Gasteiger partial charge in [-0.25, -0.2) is 4.68 Å². The molecule has 29 heavy (non-hydrogen) atoms. The topological polar surface area (TPSA) is 43.0 Å². The van der Waals surface area contributed by atoms with Crippen molar-refractivity contribution in [3.63, 3.8) is 0 Å². The molecule has 0 bridgehead atoms. The number of aryl methyl sites for hydroxylation is 1. The van der Waals surface area contributed by atoms with Gasteiger partial charge in [0, 0.05) is 23.2 Å². The molecule has 1 aliphatic carbocycles.